The normalized spacial score (nSPS) is 11.3. The van der Waals surface area contributed by atoms with E-state index < -0.39 is 0 Å². The minimum Gasteiger partial charge on any atom is -0.382 e. The summed E-state index contributed by atoms with van der Waals surface area (Å²) in [4.78, 5) is 2.35. The maximum absolute atomic E-state index is 5.65. The fourth-order valence-electron chi connectivity index (χ4n) is 1.40. The third kappa shape index (κ3) is 4.10. The minimum atomic E-state index is 0.610. The van der Waals surface area contributed by atoms with Crippen molar-refractivity contribution < 1.29 is 0 Å². The van der Waals surface area contributed by atoms with Crippen LogP contribution in [0.5, 0.6) is 0 Å². The molecule has 0 spiro atoms. The van der Waals surface area contributed by atoms with E-state index >= 15 is 0 Å². The second-order valence-electron chi connectivity index (χ2n) is 4.41. The highest BCUT2D eigenvalue weighted by atomic mass is 15.2. The zero-order chi connectivity index (χ0) is 12.0. The zero-order valence-electron chi connectivity index (χ0n) is 10.5. The molecular weight excluding hydrogens is 202 g/mol. The molecule has 0 amide bonds. The summed E-state index contributed by atoms with van der Waals surface area (Å²) in [7, 11) is 2.16. The van der Waals surface area contributed by atoms with Crippen LogP contribution in [0.25, 0.3) is 0 Å². The molecule has 0 aliphatic carbocycles. The summed E-state index contributed by atoms with van der Waals surface area (Å²) in [5.74, 6) is 0.610. The molecule has 0 aliphatic heterocycles. The van der Waals surface area contributed by atoms with Gasteiger partial charge in [-0.25, -0.2) is 0 Å². The highest BCUT2D eigenvalue weighted by molar-refractivity contribution is 5.59. The van der Waals surface area contributed by atoms with Crippen molar-refractivity contribution in [3.63, 3.8) is 0 Å². The van der Waals surface area contributed by atoms with Crippen molar-refractivity contribution in [2.45, 2.75) is 32.7 Å². The number of nitrogens with zero attached hydrogens (tertiary/aromatic N) is 2. The first kappa shape index (κ1) is 12.8. The van der Waals surface area contributed by atoms with E-state index in [2.05, 4.69) is 41.3 Å². The zero-order valence-corrected chi connectivity index (χ0v) is 10.5. The number of nitrogen functional groups attached to an aromatic ring is 1. The number of anilines is 2. The number of rotatable bonds is 7. The van der Waals surface area contributed by atoms with Crippen LogP contribution in [0, 0.1) is 0 Å². The van der Waals surface area contributed by atoms with E-state index in [1.807, 2.05) is 0 Å². The highest BCUT2D eigenvalue weighted by Crippen LogP contribution is 2.12. The number of nitrogens with two attached hydrogens (primary N) is 1. The summed E-state index contributed by atoms with van der Waals surface area (Å²) >= 11 is 0. The van der Waals surface area contributed by atoms with Crippen molar-refractivity contribution >= 4 is 11.5 Å². The number of nitrogens with one attached hydrogen (secondary N) is 2. The molecule has 0 bridgehead atoms. The molecule has 1 aromatic heterocycles. The fraction of sp³-hybridized carbons (Fsp3) is 0.727. The van der Waals surface area contributed by atoms with Crippen molar-refractivity contribution in [2.75, 3.05) is 31.2 Å². The summed E-state index contributed by atoms with van der Waals surface area (Å²) < 4.78 is 0. The molecular formula is C11H23N5. The van der Waals surface area contributed by atoms with E-state index in [4.69, 9.17) is 5.73 Å². The van der Waals surface area contributed by atoms with Gasteiger partial charge in [0, 0.05) is 12.6 Å². The van der Waals surface area contributed by atoms with Gasteiger partial charge >= 0.3 is 0 Å². The first-order valence-electron chi connectivity index (χ1n) is 5.84. The Kier molecular flexibility index (Phi) is 5.11. The third-order valence-corrected chi connectivity index (χ3v) is 2.80. The SMILES string of the molecule is CC(C)N(C)CCCCNc1cn[nH]c1N. The lowest BCUT2D eigenvalue weighted by Crippen LogP contribution is -2.27. The smallest absolute Gasteiger partial charge is 0.142 e. The number of hydrogen-bond donors (Lipinski definition) is 3. The van der Waals surface area contributed by atoms with Crippen molar-refractivity contribution in [3.05, 3.63) is 6.20 Å². The first-order valence-corrected chi connectivity index (χ1v) is 5.84. The lowest BCUT2D eigenvalue weighted by atomic mass is 10.2. The number of aromatic amines is 1. The number of aromatic nitrogens is 2. The standard InChI is InChI=1S/C11H23N5/c1-9(2)16(3)7-5-4-6-13-10-8-14-15-11(10)12/h8-9,13H,4-7H2,1-3H3,(H3,12,14,15). The third-order valence-electron chi connectivity index (χ3n) is 2.80. The molecule has 0 radical (unpaired) electrons. The Morgan fingerprint density at radius 2 is 2.25 bits per heavy atom. The van der Waals surface area contributed by atoms with Gasteiger partial charge in [0.2, 0.25) is 0 Å². The van der Waals surface area contributed by atoms with Gasteiger partial charge in [0.1, 0.15) is 5.82 Å². The second-order valence-corrected chi connectivity index (χ2v) is 4.41. The van der Waals surface area contributed by atoms with Crippen LogP contribution in [0.1, 0.15) is 26.7 Å². The number of hydrogen-bond acceptors (Lipinski definition) is 4. The number of H-pyrrole nitrogens is 1. The van der Waals surface area contributed by atoms with Crippen LogP contribution < -0.4 is 11.1 Å². The largest absolute Gasteiger partial charge is 0.382 e. The van der Waals surface area contributed by atoms with Gasteiger partial charge < -0.3 is 16.0 Å². The topological polar surface area (TPSA) is 70.0 Å². The molecule has 1 rings (SSSR count). The van der Waals surface area contributed by atoms with E-state index in [0.29, 0.717) is 11.9 Å². The van der Waals surface area contributed by atoms with Gasteiger partial charge in [0.05, 0.1) is 11.9 Å². The van der Waals surface area contributed by atoms with Gasteiger partial charge in [-0.15, -0.1) is 0 Å². The van der Waals surface area contributed by atoms with Crippen LogP contribution in [-0.4, -0.2) is 41.3 Å². The molecule has 0 atom stereocenters. The molecule has 16 heavy (non-hydrogen) atoms. The molecule has 5 nitrogen and oxygen atoms in total. The Hall–Kier alpha value is -1.23. The molecule has 4 N–H and O–H groups in total. The molecule has 0 fully saturated rings. The van der Waals surface area contributed by atoms with E-state index in [-0.39, 0.29) is 0 Å². The molecule has 1 heterocycles. The van der Waals surface area contributed by atoms with Gasteiger partial charge in [0.15, 0.2) is 0 Å². The van der Waals surface area contributed by atoms with Crippen molar-refractivity contribution in [2.24, 2.45) is 0 Å². The quantitative estimate of drug-likeness (QED) is 0.615. The van der Waals surface area contributed by atoms with Crippen molar-refractivity contribution in [1.29, 1.82) is 0 Å². The Morgan fingerprint density at radius 3 is 2.81 bits per heavy atom. The van der Waals surface area contributed by atoms with Gasteiger partial charge in [-0.05, 0) is 40.3 Å². The minimum absolute atomic E-state index is 0.610. The lowest BCUT2D eigenvalue weighted by Gasteiger charge is -2.20. The molecule has 0 aromatic carbocycles. The predicted octanol–water partition coefficient (Wildman–Crippen LogP) is 1.52. The molecule has 5 heteroatoms. The van der Waals surface area contributed by atoms with Gasteiger partial charge in [-0.3, -0.25) is 5.10 Å². The van der Waals surface area contributed by atoms with E-state index in [9.17, 15) is 0 Å². The number of unbranched alkanes of at least 4 members (excludes halogenated alkanes) is 1. The van der Waals surface area contributed by atoms with Gasteiger partial charge in [-0.2, -0.15) is 5.10 Å². The van der Waals surface area contributed by atoms with Crippen LogP contribution in [0.4, 0.5) is 11.5 Å². The summed E-state index contributed by atoms with van der Waals surface area (Å²) in [6, 6.07) is 0.623. The van der Waals surface area contributed by atoms with Crippen molar-refractivity contribution in [1.82, 2.24) is 15.1 Å². The van der Waals surface area contributed by atoms with Crippen LogP contribution in [-0.2, 0) is 0 Å². The van der Waals surface area contributed by atoms with Crippen LogP contribution in [0.2, 0.25) is 0 Å². The average molecular weight is 225 g/mol. The predicted molar refractivity (Wildman–Crippen MR) is 68.5 cm³/mol. The van der Waals surface area contributed by atoms with E-state index in [0.717, 1.165) is 25.2 Å². The van der Waals surface area contributed by atoms with E-state index in [1.165, 1.54) is 6.42 Å². The van der Waals surface area contributed by atoms with Crippen LogP contribution >= 0.6 is 0 Å². The van der Waals surface area contributed by atoms with Crippen LogP contribution in [0.3, 0.4) is 0 Å². The maximum atomic E-state index is 5.65. The van der Waals surface area contributed by atoms with Gasteiger partial charge in [-0.1, -0.05) is 0 Å². The molecule has 0 aliphatic rings. The molecule has 0 saturated heterocycles. The van der Waals surface area contributed by atoms with Gasteiger partial charge in [0.25, 0.3) is 0 Å². The highest BCUT2D eigenvalue weighted by Gasteiger charge is 2.02. The Morgan fingerprint density at radius 1 is 1.50 bits per heavy atom. The summed E-state index contributed by atoms with van der Waals surface area (Å²) in [5.41, 5.74) is 6.55. The summed E-state index contributed by atoms with van der Waals surface area (Å²) in [6.45, 7) is 6.50. The maximum Gasteiger partial charge on any atom is 0.142 e. The second kappa shape index (κ2) is 6.37. The summed E-state index contributed by atoms with van der Waals surface area (Å²) in [5, 5.41) is 9.81. The monoisotopic (exact) mass is 225 g/mol. The Labute approximate surface area is 97.4 Å². The molecule has 0 unspecified atom stereocenters. The van der Waals surface area contributed by atoms with Crippen LogP contribution in [0.15, 0.2) is 6.20 Å². The lowest BCUT2D eigenvalue weighted by molar-refractivity contribution is 0.269. The Bertz CT molecular complexity index is 294. The average Bonchev–Trinajstić information content (AvgIpc) is 2.63. The molecule has 1 aromatic rings. The molecule has 0 saturated carbocycles. The molecule has 92 valence electrons. The first-order chi connectivity index (χ1) is 7.61. The Balaban J connectivity index is 2.07. The summed E-state index contributed by atoms with van der Waals surface area (Å²) in [6.07, 6.45) is 4.05. The van der Waals surface area contributed by atoms with Crippen molar-refractivity contribution in [3.8, 4) is 0 Å². The fourth-order valence-corrected chi connectivity index (χ4v) is 1.40. The van der Waals surface area contributed by atoms with E-state index in [1.54, 1.807) is 6.20 Å².